The van der Waals surface area contributed by atoms with Crippen molar-refractivity contribution in [1.29, 1.82) is 0 Å². The molecule has 0 saturated heterocycles. The highest BCUT2D eigenvalue weighted by Crippen LogP contribution is 2.37. The molecule has 0 aliphatic carbocycles. The highest BCUT2D eigenvalue weighted by atomic mass is 79.9. The summed E-state index contributed by atoms with van der Waals surface area (Å²) < 4.78 is 22.3. The van der Waals surface area contributed by atoms with E-state index in [1.807, 2.05) is 0 Å². The predicted octanol–water partition coefficient (Wildman–Crippen LogP) is 8.17. The van der Waals surface area contributed by atoms with Gasteiger partial charge in [0.25, 0.3) is 0 Å². The van der Waals surface area contributed by atoms with Crippen LogP contribution in [0.5, 0.6) is 17.2 Å². The summed E-state index contributed by atoms with van der Waals surface area (Å²) in [5, 5.41) is 3.76. The molecule has 3 nitrogen and oxygen atoms in total. The summed E-state index contributed by atoms with van der Waals surface area (Å²) in [6, 6.07) is 14.2. The summed E-state index contributed by atoms with van der Waals surface area (Å²) >= 11 is 22.4. The van der Waals surface area contributed by atoms with Gasteiger partial charge in [-0.05, 0) is 154 Å². The lowest BCUT2D eigenvalue weighted by Crippen LogP contribution is -2.67. The molecule has 0 aliphatic heterocycles. The zero-order valence-electron chi connectivity index (χ0n) is 18.9. The molecule has 0 spiro atoms. The third-order valence-electron chi connectivity index (χ3n) is 5.71. The second-order valence-electron chi connectivity index (χ2n) is 7.57. The van der Waals surface area contributed by atoms with Gasteiger partial charge in [-0.2, -0.15) is 0 Å². The second kappa shape index (κ2) is 12.1. The molecule has 0 amide bonds. The third kappa shape index (κ3) is 5.38. The van der Waals surface area contributed by atoms with E-state index in [4.69, 9.17) is 14.2 Å². The van der Waals surface area contributed by atoms with Gasteiger partial charge in [-0.1, -0.05) is 13.3 Å². The van der Waals surface area contributed by atoms with Crippen molar-refractivity contribution in [2.75, 3.05) is 21.3 Å². The maximum Gasteiger partial charge on any atom is 0.148 e. The highest BCUT2D eigenvalue weighted by Gasteiger charge is 2.41. The van der Waals surface area contributed by atoms with Gasteiger partial charge in [0.1, 0.15) is 25.3 Å². The van der Waals surface area contributed by atoms with Crippen molar-refractivity contribution in [3.63, 3.8) is 0 Å². The standard InChI is InChI=1S/C24H22Br6O3Si/c1-5-6-34(13-7-16(25)22(31-2)17(26)8-13,14-9-18(27)23(32-3)19(28)10-14)15-11-20(29)24(33-4)21(30)12-15/h7-12H,5-6H2,1-4H3. The van der Waals surface area contributed by atoms with Crippen LogP contribution in [0, 0.1) is 0 Å². The molecule has 0 heterocycles. The van der Waals surface area contributed by atoms with E-state index in [0.717, 1.165) is 56.5 Å². The van der Waals surface area contributed by atoms with Crippen LogP contribution in [0.15, 0.2) is 63.2 Å². The van der Waals surface area contributed by atoms with Gasteiger partial charge in [0.15, 0.2) is 0 Å². The van der Waals surface area contributed by atoms with Crippen LogP contribution in [0.1, 0.15) is 13.3 Å². The van der Waals surface area contributed by atoms with Crippen LogP contribution in [0.4, 0.5) is 0 Å². The van der Waals surface area contributed by atoms with E-state index in [1.165, 1.54) is 15.6 Å². The summed E-state index contributed by atoms with van der Waals surface area (Å²) in [5.41, 5.74) is 0. The third-order valence-corrected chi connectivity index (χ3v) is 14.3. The van der Waals surface area contributed by atoms with Crippen LogP contribution in [0.25, 0.3) is 0 Å². The van der Waals surface area contributed by atoms with E-state index in [1.54, 1.807) is 21.3 Å². The minimum atomic E-state index is -2.57. The van der Waals surface area contributed by atoms with Gasteiger partial charge in [-0.3, -0.25) is 0 Å². The minimum Gasteiger partial charge on any atom is -0.494 e. The van der Waals surface area contributed by atoms with Crippen molar-refractivity contribution >= 4 is 119 Å². The van der Waals surface area contributed by atoms with Gasteiger partial charge in [-0.15, -0.1) is 0 Å². The first-order valence-electron chi connectivity index (χ1n) is 10.2. The highest BCUT2D eigenvalue weighted by molar-refractivity contribution is 9.12. The van der Waals surface area contributed by atoms with Gasteiger partial charge in [0, 0.05) is 0 Å². The number of hydrogen-bond donors (Lipinski definition) is 0. The smallest absolute Gasteiger partial charge is 0.148 e. The van der Waals surface area contributed by atoms with E-state index >= 15 is 0 Å². The summed E-state index contributed by atoms with van der Waals surface area (Å²) in [5.74, 6) is 2.33. The molecule has 10 heteroatoms. The number of ether oxygens (including phenoxy) is 3. The molecule has 182 valence electrons. The number of hydrogen-bond acceptors (Lipinski definition) is 3. The maximum absolute atomic E-state index is 5.61. The van der Waals surface area contributed by atoms with Gasteiger partial charge in [-0.25, -0.2) is 0 Å². The van der Waals surface area contributed by atoms with Crippen molar-refractivity contribution in [1.82, 2.24) is 0 Å². The summed E-state index contributed by atoms with van der Waals surface area (Å²) in [6.45, 7) is 2.23. The fourth-order valence-corrected chi connectivity index (χ4v) is 15.1. The molecule has 3 rings (SSSR count). The molecule has 0 unspecified atom stereocenters. The maximum atomic E-state index is 5.61. The molecule has 3 aromatic carbocycles. The zero-order valence-corrected chi connectivity index (χ0v) is 29.4. The monoisotopic (exact) mass is 860 g/mol. The van der Waals surface area contributed by atoms with Crippen LogP contribution < -0.4 is 29.8 Å². The lowest BCUT2D eigenvalue weighted by atomic mass is 10.3. The van der Waals surface area contributed by atoms with Gasteiger partial charge in [0.2, 0.25) is 0 Å². The van der Waals surface area contributed by atoms with Crippen molar-refractivity contribution in [2.45, 2.75) is 19.4 Å². The molecule has 0 bridgehead atoms. The predicted molar refractivity (Wildman–Crippen MR) is 165 cm³/mol. The zero-order chi connectivity index (χ0) is 25.2. The Labute approximate surface area is 252 Å². The quantitative estimate of drug-likeness (QED) is 0.169. The normalized spacial score (nSPS) is 11.5. The van der Waals surface area contributed by atoms with E-state index in [9.17, 15) is 0 Å². The number of benzene rings is 3. The van der Waals surface area contributed by atoms with Gasteiger partial charge in [0.05, 0.1) is 48.2 Å². The van der Waals surface area contributed by atoms with Gasteiger partial charge >= 0.3 is 0 Å². The lowest BCUT2D eigenvalue weighted by Gasteiger charge is -2.35. The van der Waals surface area contributed by atoms with E-state index in [2.05, 4.69) is 139 Å². The Bertz CT molecular complexity index is 1000. The Morgan fingerprint density at radius 2 is 0.765 bits per heavy atom. The van der Waals surface area contributed by atoms with Crippen molar-refractivity contribution < 1.29 is 14.2 Å². The van der Waals surface area contributed by atoms with Crippen LogP contribution >= 0.6 is 95.6 Å². The Morgan fingerprint density at radius 1 is 0.529 bits per heavy atom. The lowest BCUT2D eigenvalue weighted by molar-refractivity contribution is 0.409. The fourth-order valence-electron chi connectivity index (χ4n) is 4.31. The van der Waals surface area contributed by atoms with E-state index < -0.39 is 8.07 Å². The first kappa shape index (κ1) is 28.7. The average Bonchev–Trinajstić information content (AvgIpc) is 2.76. The minimum absolute atomic E-state index is 0.775. The molecule has 0 fully saturated rings. The first-order chi connectivity index (χ1) is 16.1. The fraction of sp³-hybridized carbons (Fsp3) is 0.250. The Morgan fingerprint density at radius 3 is 0.941 bits per heavy atom. The number of rotatable bonds is 8. The Balaban J connectivity index is 2.49. The second-order valence-corrected chi connectivity index (χ2v) is 16.7. The molecule has 3 aromatic rings. The summed E-state index contributed by atoms with van der Waals surface area (Å²) in [4.78, 5) is 0. The average molecular weight is 866 g/mol. The molecule has 0 radical (unpaired) electrons. The molecule has 0 atom stereocenters. The SMILES string of the molecule is CCC[Si](c1cc(Br)c(OC)c(Br)c1)(c1cc(Br)c(OC)c(Br)c1)c1cc(Br)c(OC)c(Br)c1. The van der Waals surface area contributed by atoms with Crippen molar-refractivity contribution in [2.24, 2.45) is 0 Å². The summed E-state index contributed by atoms with van der Waals surface area (Å²) in [7, 11) is 2.47. The Hall–Kier alpha value is 0.157. The van der Waals surface area contributed by atoms with Crippen LogP contribution in [0.2, 0.25) is 6.04 Å². The summed E-state index contributed by atoms with van der Waals surface area (Å²) in [6.07, 6.45) is 1.01. The largest absolute Gasteiger partial charge is 0.494 e. The molecule has 0 aromatic heterocycles. The number of methoxy groups -OCH3 is 3. The van der Waals surface area contributed by atoms with E-state index in [0.29, 0.717) is 0 Å². The molecule has 0 aliphatic rings. The molecule has 0 saturated carbocycles. The molecular formula is C24H22Br6O3Si. The Kier molecular flexibility index (Phi) is 10.3. The van der Waals surface area contributed by atoms with Gasteiger partial charge < -0.3 is 14.2 Å². The molecular weight excluding hydrogens is 844 g/mol. The van der Waals surface area contributed by atoms with Crippen molar-refractivity contribution in [3.05, 3.63) is 63.2 Å². The van der Waals surface area contributed by atoms with Crippen LogP contribution in [0.3, 0.4) is 0 Å². The topological polar surface area (TPSA) is 27.7 Å². The molecule has 34 heavy (non-hydrogen) atoms. The van der Waals surface area contributed by atoms with Crippen LogP contribution in [-0.2, 0) is 0 Å². The first-order valence-corrected chi connectivity index (χ1v) is 17.2. The number of halogens is 6. The van der Waals surface area contributed by atoms with E-state index in [-0.39, 0.29) is 0 Å². The van der Waals surface area contributed by atoms with Crippen LogP contribution in [-0.4, -0.2) is 29.4 Å². The van der Waals surface area contributed by atoms with Crippen molar-refractivity contribution in [3.8, 4) is 17.2 Å². The molecule has 0 N–H and O–H groups in total.